The molecule has 2 heterocycles. The molecule has 2 aromatic rings. The average molecular weight is 1010 g/mol. The lowest BCUT2D eigenvalue weighted by Gasteiger charge is -2.38. The fraction of sp³-hybridized carbons (Fsp3) is 0.660. The topological polar surface area (TPSA) is 71.1 Å². The largest absolute Gasteiger partial charge is 0.488 e. The molecule has 0 spiro atoms. The molecule has 0 radical (unpaired) electrons. The summed E-state index contributed by atoms with van der Waals surface area (Å²) < 4.78 is 26.3. The van der Waals surface area contributed by atoms with Gasteiger partial charge in [0.2, 0.25) is 0 Å². The zero-order valence-electron chi connectivity index (χ0n) is 42.5. The first-order valence-corrected chi connectivity index (χ1v) is 29.5. The van der Waals surface area contributed by atoms with Crippen LogP contribution >= 0.6 is 70.6 Å². The molecule has 4 rings (SSSR count). The minimum absolute atomic E-state index is 0.200. The molecular weight excluding hydrogens is 925 g/mol. The Morgan fingerprint density at radius 2 is 1.09 bits per heavy atom. The number of ether oxygens (including phenoxy) is 4. The quantitative estimate of drug-likeness (QED) is 0.0811. The maximum atomic E-state index is 12.8. The van der Waals surface area contributed by atoms with Crippen molar-refractivity contribution >= 4 is 82.5 Å². The van der Waals surface area contributed by atoms with Crippen LogP contribution in [0, 0.1) is 0 Å². The summed E-state index contributed by atoms with van der Waals surface area (Å²) in [7, 11) is 0. The second-order valence-corrected chi connectivity index (χ2v) is 29.8. The summed E-state index contributed by atoms with van der Waals surface area (Å²) in [6, 6.07) is 9.42. The lowest BCUT2D eigenvalue weighted by atomic mass is 9.69. The van der Waals surface area contributed by atoms with E-state index in [0.717, 1.165) is 68.3 Å². The number of benzene rings is 2. The summed E-state index contributed by atoms with van der Waals surface area (Å²) in [5.74, 6) is 9.45. The van der Waals surface area contributed by atoms with Crippen LogP contribution in [0.2, 0.25) is 0 Å². The van der Waals surface area contributed by atoms with Gasteiger partial charge < -0.3 is 18.9 Å². The van der Waals surface area contributed by atoms with Crippen molar-refractivity contribution in [2.75, 3.05) is 52.6 Å². The fourth-order valence-electron chi connectivity index (χ4n) is 7.62. The molecule has 12 heteroatoms. The fourth-order valence-corrected chi connectivity index (χ4v) is 15.9. The van der Waals surface area contributed by atoms with Crippen molar-refractivity contribution in [1.82, 2.24) is 0 Å². The Labute approximate surface area is 420 Å². The van der Waals surface area contributed by atoms with E-state index in [1.165, 1.54) is 34.8 Å². The van der Waals surface area contributed by atoms with E-state index in [1.54, 1.807) is 23.5 Å². The molecule has 5 atom stereocenters. The van der Waals surface area contributed by atoms with Crippen molar-refractivity contribution in [3.8, 4) is 11.5 Å². The molecule has 0 saturated carbocycles. The van der Waals surface area contributed by atoms with Crippen LogP contribution in [-0.4, -0.2) is 91.5 Å². The molecule has 364 valence electrons. The number of esters is 2. The van der Waals surface area contributed by atoms with Gasteiger partial charge >= 0.3 is 11.9 Å². The standard InChI is InChI=1S/C53H80O6S6/c1-19-43(54)57-34(3)47(64-31-37-29-60-21-23-62-37)58-46-41(50(10,11)12)27-36(28-42(46)51(13,14)15)52(16,17)35-25-39(48(4,5)6)45(40(26-35)49(7,8)9)56-33-53(18,59-44(55)20-2)65-32-38-30-61-22-24-63-38/h19-20,25-28,34,37-38,47H,1-2,21-24,29-33H2,3-18H3. The third-order valence-corrected chi connectivity index (χ3v) is 20.6. The number of hydrogen-bond donors (Lipinski definition) is 0. The minimum atomic E-state index is -0.913. The molecule has 2 aromatic carbocycles. The van der Waals surface area contributed by atoms with Gasteiger partial charge in [-0.3, -0.25) is 0 Å². The molecule has 0 aromatic heterocycles. The third-order valence-electron chi connectivity index (χ3n) is 11.7. The molecule has 2 aliphatic heterocycles. The molecule has 2 fully saturated rings. The number of rotatable bonds is 18. The van der Waals surface area contributed by atoms with Crippen molar-refractivity contribution in [2.24, 2.45) is 0 Å². The van der Waals surface area contributed by atoms with Gasteiger partial charge in [-0.1, -0.05) is 134 Å². The Morgan fingerprint density at radius 3 is 1.49 bits per heavy atom. The van der Waals surface area contributed by atoms with Crippen molar-refractivity contribution in [1.29, 1.82) is 0 Å². The van der Waals surface area contributed by atoms with Crippen LogP contribution in [0.5, 0.6) is 11.5 Å². The first-order chi connectivity index (χ1) is 30.0. The maximum absolute atomic E-state index is 12.8. The Bertz CT molecular complexity index is 1890. The summed E-state index contributed by atoms with van der Waals surface area (Å²) in [5, 5.41) is 1.00. The van der Waals surface area contributed by atoms with Gasteiger partial charge in [0.25, 0.3) is 0 Å². The van der Waals surface area contributed by atoms with Crippen LogP contribution in [0.3, 0.4) is 0 Å². The van der Waals surface area contributed by atoms with Crippen LogP contribution in [0.1, 0.15) is 144 Å². The Morgan fingerprint density at radius 1 is 0.662 bits per heavy atom. The molecule has 0 bridgehead atoms. The lowest BCUT2D eigenvalue weighted by Crippen LogP contribution is -2.37. The summed E-state index contributed by atoms with van der Waals surface area (Å²) in [4.78, 5) is 24.5. The van der Waals surface area contributed by atoms with Crippen molar-refractivity contribution in [2.45, 2.75) is 165 Å². The predicted octanol–water partition coefficient (Wildman–Crippen LogP) is 14.0. The first-order valence-electron chi connectivity index (χ1n) is 23.0. The van der Waals surface area contributed by atoms with Gasteiger partial charge in [-0.2, -0.15) is 47.0 Å². The van der Waals surface area contributed by atoms with Gasteiger partial charge in [0.15, 0.2) is 10.4 Å². The summed E-state index contributed by atoms with van der Waals surface area (Å²) in [5.41, 5.74) is 4.83. The molecule has 0 amide bonds. The van der Waals surface area contributed by atoms with Gasteiger partial charge in [-0.25, -0.2) is 9.59 Å². The SMILES string of the molecule is C=CC(=O)OC(C)C(Oc1c(C(C)(C)C)cc(C(C)(C)c2cc(C(C)(C)C)c(OCC(C)(OC(=O)C=C)SCC3CSCCS3)c(C(C)(C)C)c2)cc1C(C)(C)C)SCC1CSCCS1. The van der Waals surface area contributed by atoms with Crippen LogP contribution in [0.4, 0.5) is 0 Å². The highest BCUT2D eigenvalue weighted by Gasteiger charge is 2.39. The highest BCUT2D eigenvalue weighted by atomic mass is 32.2. The second-order valence-electron chi connectivity index (χ2n) is 22.1. The van der Waals surface area contributed by atoms with Gasteiger partial charge in [0.1, 0.15) is 24.2 Å². The molecule has 2 saturated heterocycles. The molecule has 2 aliphatic rings. The first kappa shape index (κ1) is 56.2. The Kier molecular flexibility index (Phi) is 19.9. The van der Waals surface area contributed by atoms with E-state index >= 15 is 0 Å². The lowest BCUT2D eigenvalue weighted by molar-refractivity contribution is -0.146. The second kappa shape index (κ2) is 23.0. The number of carbonyl (C=O) groups excluding carboxylic acids is 2. The van der Waals surface area contributed by atoms with E-state index in [0.29, 0.717) is 10.5 Å². The van der Waals surface area contributed by atoms with E-state index in [2.05, 4.69) is 134 Å². The zero-order chi connectivity index (χ0) is 48.8. The van der Waals surface area contributed by atoms with Crippen LogP contribution in [-0.2, 0) is 46.1 Å². The molecule has 6 nitrogen and oxygen atoms in total. The molecule has 0 N–H and O–H groups in total. The molecule has 65 heavy (non-hydrogen) atoms. The van der Waals surface area contributed by atoms with Gasteiger partial charge in [0, 0.05) is 96.3 Å². The molecule has 5 unspecified atom stereocenters. The normalized spacial score (nSPS) is 19.6. The Hall–Kier alpha value is -1.44. The van der Waals surface area contributed by atoms with Crippen molar-refractivity contribution in [3.63, 3.8) is 0 Å². The summed E-state index contributed by atoms with van der Waals surface area (Å²) in [6.45, 7) is 43.1. The molecular formula is C53H80O6S6. The highest BCUT2D eigenvalue weighted by molar-refractivity contribution is 8.08. The average Bonchev–Trinajstić information content (AvgIpc) is 3.22. The van der Waals surface area contributed by atoms with Crippen LogP contribution < -0.4 is 9.47 Å². The van der Waals surface area contributed by atoms with E-state index in [9.17, 15) is 9.59 Å². The van der Waals surface area contributed by atoms with E-state index in [4.69, 9.17) is 18.9 Å². The Balaban J connectivity index is 1.87. The minimum Gasteiger partial charge on any atom is -0.488 e. The predicted molar refractivity (Wildman–Crippen MR) is 292 cm³/mol. The monoisotopic (exact) mass is 1000 g/mol. The third kappa shape index (κ3) is 15.8. The van der Waals surface area contributed by atoms with Crippen molar-refractivity contribution < 1.29 is 28.5 Å². The number of thioether (sulfide) groups is 6. The smallest absolute Gasteiger partial charge is 0.331 e. The van der Waals surface area contributed by atoms with Crippen LogP contribution in [0.25, 0.3) is 0 Å². The van der Waals surface area contributed by atoms with Gasteiger partial charge in [-0.05, 0) is 46.6 Å². The van der Waals surface area contributed by atoms with Crippen molar-refractivity contribution in [3.05, 3.63) is 83.0 Å². The summed E-state index contributed by atoms with van der Waals surface area (Å²) in [6.07, 6.45) is 1.97. The van der Waals surface area contributed by atoms with Gasteiger partial charge in [0.05, 0.1) is 0 Å². The van der Waals surface area contributed by atoms with E-state index in [1.807, 2.05) is 60.9 Å². The van der Waals surface area contributed by atoms with Gasteiger partial charge in [-0.15, -0.1) is 23.5 Å². The van der Waals surface area contributed by atoms with E-state index < -0.39 is 33.8 Å². The molecule has 0 aliphatic carbocycles. The van der Waals surface area contributed by atoms with E-state index in [-0.39, 0.29) is 28.3 Å². The van der Waals surface area contributed by atoms with Crippen LogP contribution in [0.15, 0.2) is 49.6 Å². The maximum Gasteiger partial charge on any atom is 0.331 e. The zero-order valence-corrected chi connectivity index (χ0v) is 47.3. The number of hydrogen-bond acceptors (Lipinski definition) is 12. The summed E-state index contributed by atoms with van der Waals surface area (Å²) >= 11 is 11.4. The highest BCUT2D eigenvalue weighted by Crippen LogP contribution is 2.49. The number of carbonyl (C=O) groups is 2.